The summed E-state index contributed by atoms with van der Waals surface area (Å²) in [5, 5.41) is 8.94. The fourth-order valence-electron chi connectivity index (χ4n) is 2.90. The molecule has 1 aromatic rings. The Morgan fingerprint density at radius 3 is 2.92 bits per heavy atom. The molecule has 24 heavy (non-hydrogen) atoms. The second kappa shape index (κ2) is 7.90. The van der Waals surface area contributed by atoms with E-state index in [-0.39, 0.29) is 25.0 Å². The summed E-state index contributed by atoms with van der Waals surface area (Å²) in [5.74, 6) is 0.172. The maximum Gasteiger partial charge on any atom is 0.305 e. The number of aliphatic carboxylic acids is 1. The highest BCUT2D eigenvalue weighted by molar-refractivity contribution is 7.99. The number of hydrogen-bond acceptors (Lipinski definition) is 5. The number of benzene rings is 1. The van der Waals surface area contributed by atoms with Crippen LogP contribution in [0.3, 0.4) is 0 Å². The first-order chi connectivity index (χ1) is 11.6. The molecule has 7 heteroatoms. The summed E-state index contributed by atoms with van der Waals surface area (Å²) in [6.45, 7) is 1.31. The molecular formula is C17H21NO5S. The predicted octanol–water partition coefficient (Wildman–Crippen LogP) is 2.02. The van der Waals surface area contributed by atoms with Gasteiger partial charge < -0.3 is 19.5 Å². The molecule has 0 aliphatic carbocycles. The number of para-hydroxylation sites is 1. The summed E-state index contributed by atoms with van der Waals surface area (Å²) in [5.41, 5.74) is 0. The third kappa shape index (κ3) is 4.21. The maximum atomic E-state index is 12.8. The molecule has 0 aromatic heterocycles. The molecule has 1 aromatic carbocycles. The van der Waals surface area contributed by atoms with Crippen molar-refractivity contribution in [1.29, 1.82) is 0 Å². The number of thioether (sulfide) groups is 1. The first-order valence-electron chi connectivity index (χ1n) is 8.14. The Balaban J connectivity index is 1.66. The van der Waals surface area contributed by atoms with E-state index < -0.39 is 12.1 Å². The highest BCUT2D eigenvalue weighted by Gasteiger charge is 2.32. The van der Waals surface area contributed by atoms with Gasteiger partial charge in [-0.2, -0.15) is 0 Å². The average molecular weight is 351 g/mol. The first-order valence-corrected chi connectivity index (χ1v) is 9.12. The van der Waals surface area contributed by atoms with Crippen molar-refractivity contribution < 1.29 is 24.2 Å². The van der Waals surface area contributed by atoms with Gasteiger partial charge in [-0.15, -0.1) is 11.8 Å². The zero-order valence-corrected chi connectivity index (χ0v) is 14.2. The van der Waals surface area contributed by atoms with Crippen molar-refractivity contribution in [2.75, 3.05) is 25.4 Å². The van der Waals surface area contributed by atoms with Crippen molar-refractivity contribution in [3.8, 4) is 5.75 Å². The van der Waals surface area contributed by atoms with Gasteiger partial charge in [0.05, 0.1) is 12.5 Å². The maximum absolute atomic E-state index is 12.8. The van der Waals surface area contributed by atoms with Gasteiger partial charge >= 0.3 is 5.97 Å². The molecule has 1 fully saturated rings. The Morgan fingerprint density at radius 2 is 2.17 bits per heavy atom. The number of nitrogens with zero attached hydrogens (tertiary/aromatic N) is 1. The van der Waals surface area contributed by atoms with Crippen LogP contribution < -0.4 is 4.74 Å². The van der Waals surface area contributed by atoms with Crippen molar-refractivity contribution in [3.05, 3.63) is 24.3 Å². The van der Waals surface area contributed by atoms with E-state index in [1.54, 1.807) is 16.7 Å². The molecular weight excluding hydrogens is 330 g/mol. The van der Waals surface area contributed by atoms with Crippen LogP contribution in [0.15, 0.2) is 29.2 Å². The smallest absolute Gasteiger partial charge is 0.305 e. The Morgan fingerprint density at radius 1 is 1.33 bits per heavy atom. The van der Waals surface area contributed by atoms with E-state index in [1.165, 1.54) is 0 Å². The van der Waals surface area contributed by atoms with E-state index in [4.69, 9.17) is 14.6 Å². The molecule has 1 N–H and O–H groups in total. The second-order valence-corrected chi connectivity index (χ2v) is 6.99. The van der Waals surface area contributed by atoms with Gasteiger partial charge in [-0.1, -0.05) is 12.1 Å². The van der Waals surface area contributed by atoms with Gasteiger partial charge in [0, 0.05) is 30.3 Å². The van der Waals surface area contributed by atoms with Crippen LogP contribution in [-0.2, 0) is 14.3 Å². The fourth-order valence-corrected chi connectivity index (χ4v) is 3.88. The number of carbonyl (C=O) groups excluding carboxylic acids is 1. The fraction of sp³-hybridized carbons (Fsp3) is 0.529. The van der Waals surface area contributed by atoms with Crippen LogP contribution in [0.2, 0.25) is 0 Å². The topological polar surface area (TPSA) is 76.1 Å². The molecule has 0 radical (unpaired) electrons. The molecule has 1 saturated heterocycles. The molecule has 2 heterocycles. The minimum Gasteiger partial charge on any atom is -0.481 e. The highest BCUT2D eigenvalue weighted by atomic mass is 32.2. The van der Waals surface area contributed by atoms with Crippen LogP contribution in [0.5, 0.6) is 5.75 Å². The van der Waals surface area contributed by atoms with Gasteiger partial charge in [0.15, 0.2) is 6.10 Å². The van der Waals surface area contributed by atoms with Crippen molar-refractivity contribution in [2.45, 2.75) is 36.4 Å². The summed E-state index contributed by atoms with van der Waals surface area (Å²) in [6, 6.07) is 7.63. The van der Waals surface area contributed by atoms with Gasteiger partial charge in [0.1, 0.15) is 5.75 Å². The van der Waals surface area contributed by atoms with Gasteiger partial charge in [-0.25, -0.2) is 0 Å². The molecule has 130 valence electrons. The number of carboxylic acids is 1. The quantitative estimate of drug-likeness (QED) is 0.845. The molecule has 0 saturated carbocycles. The van der Waals surface area contributed by atoms with Gasteiger partial charge in [-0.05, 0) is 25.0 Å². The number of hydrogen-bond donors (Lipinski definition) is 1. The van der Waals surface area contributed by atoms with Crippen LogP contribution in [-0.4, -0.2) is 59.5 Å². The molecule has 0 spiro atoms. The van der Waals surface area contributed by atoms with Gasteiger partial charge in [0.25, 0.3) is 5.91 Å². The Kier molecular flexibility index (Phi) is 5.63. The van der Waals surface area contributed by atoms with Crippen LogP contribution in [0.1, 0.15) is 19.3 Å². The molecule has 1 amide bonds. The molecule has 0 unspecified atom stereocenters. The largest absolute Gasteiger partial charge is 0.481 e. The lowest BCUT2D eigenvalue weighted by molar-refractivity contribution is -0.142. The Bertz CT molecular complexity index is 602. The summed E-state index contributed by atoms with van der Waals surface area (Å²) >= 11 is 1.59. The summed E-state index contributed by atoms with van der Waals surface area (Å²) in [7, 11) is 0. The average Bonchev–Trinajstić information content (AvgIpc) is 3.10. The number of carbonyl (C=O) groups is 2. The van der Waals surface area contributed by atoms with Crippen LogP contribution in [0.4, 0.5) is 0 Å². The third-order valence-corrected chi connectivity index (χ3v) is 5.26. The number of fused-ring (bicyclic) bond motifs is 1. The molecule has 2 aliphatic rings. The normalized spacial score (nSPS) is 22.5. The zero-order chi connectivity index (χ0) is 16.9. The SMILES string of the molecule is O=C(O)CCN(C[C@@H]1CCCO1)C(=O)[C@H]1CSc2ccccc2O1. The predicted molar refractivity (Wildman–Crippen MR) is 89.4 cm³/mol. The molecule has 0 bridgehead atoms. The third-order valence-electron chi connectivity index (χ3n) is 4.14. The molecule has 3 rings (SSSR count). The lowest BCUT2D eigenvalue weighted by atomic mass is 10.2. The Labute approximate surface area is 145 Å². The van der Waals surface area contributed by atoms with Gasteiger partial charge in [0.2, 0.25) is 0 Å². The Hall–Kier alpha value is -1.73. The van der Waals surface area contributed by atoms with E-state index >= 15 is 0 Å². The number of rotatable bonds is 6. The van der Waals surface area contributed by atoms with E-state index in [0.717, 1.165) is 17.7 Å². The summed E-state index contributed by atoms with van der Waals surface area (Å²) < 4.78 is 11.4. The highest BCUT2D eigenvalue weighted by Crippen LogP contribution is 2.35. The standard InChI is InChI=1S/C17H21NO5S/c19-16(20)7-8-18(10-12-4-3-9-22-12)17(21)14-11-24-15-6-2-1-5-13(15)23-14/h1-2,5-6,12,14H,3-4,7-11H2,(H,19,20)/t12-,14+/m0/s1. The van der Waals surface area contributed by atoms with Crippen LogP contribution >= 0.6 is 11.8 Å². The van der Waals surface area contributed by atoms with Crippen molar-refractivity contribution in [3.63, 3.8) is 0 Å². The number of ether oxygens (including phenoxy) is 2. The van der Waals surface area contributed by atoms with Gasteiger partial charge in [-0.3, -0.25) is 9.59 Å². The van der Waals surface area contributed by atoms with Crippen molar-refractivity contribution in [2.24, 2.45) is 0 Å². The summed E-state index contributed by atoms with van der Waals surface area (Å²) in [4.78, 5) is 26.4. The van der Waals surface area contributed by atoms with E-state index in [1.807, 2.05) is 24.3 Å². The number of carboxylic acid groups (broad SMARTS) is 1. The minimum atomic E-state index is -0.913. The summed E-state index contributed by atoms with van der Waals surface area (Å²) in [6.07, 6.45) is 1.22. The van der Waals surface area contributed by atoms with E-state index in [2.05, 4.69) is 0 Å². The van der Waals surface area contributed by atoms with Crippen molar-refractivity contribution in [1.82, 2.24) is 4.90 Å². The van der Waals surface area contributed by atoms with Crippen molar-refractivity contribution >= 4 is 23.6 Å². The first kappa shape index (κ1) is 17.1. The lowest BCUT2D eigenvalue weighted by Gasteiger charge is -2.31. The number of amides is 1. The lowest BCUT2D eigenvalue weighted by Crippen LogP contribution is -2.47. The van der Waals surface area contributed by atoms with E-state index in [0.29, 0.717) is 24.7 Å². The van der Waals surface area contributed by atoms with Crippen LogP contribution in [0, 0.1) is 0 Å². The minimum absolute atomic E-state index is 0.00808. The zero-order valence-electron chi connectivity index (χ0n) is 13.3. The molecule has 2 aliphatic heterocycles. The monoisotopic (exact) mass is 351 g/mol. The molecule has 2 atom stereocenters. The second-order valence-electron chi connectivity index (χ2n) is 5.93. The van der Waals surface area contributed by atoms with Crippen LogP contribution in [0.25, 0.3) is 0 Å². The van der Waals surface area contributed by atoms with E-state index in [9.17, 15) is 9.59 Å². The molecule has 6 nitrogen and oxygen atoms in total.